The van der Waals surface area contributed by atoms with Crippen LogP contribution in [0.15, 0.2) is 60.7 Å². The van der Waals surface area contributed by atoms with Crippen molar-refractivity contribution in [2.75, 3.05) is 79.8 Å². The van der Waals surface area contributed by atoms with Gasteiger partial charge in [-0.05, 0) is 74.6 Å². The lowest BCUT2D eigenvalue weighted by Gasteiger charge is -2.37. The Kier molecular flexibility index (Phi) is 21.9. The second kappa shape index (κ2) is 29.1. The van der Waals surface area contributed by atoms with E-state index in [4.69, 9.17) is 9.47 Å². The van der Waals surface area contributed by atoms with Crippen molar-refractivity contribution in [1.29, 1.82) is 0 Å². The molecular weight excluding hydrogens is 1090 g/mol. The van der Waals surface area contributed by atoms with E-state index in [2.05, 4.69) is 41.9 Å². The van der Waals surface area contributed by atoms with E-state index in [9.17, 15) is 58.2 Å². The monoisotopic (exact) mass is 1160 g/mol. The van der Waals surface area contributed by atoms with E-state index in [0.29, 0.717) is 47.5 Å². The maximum Gasteiger partial charge on any atom is 0.274 e. The van der Waals surface area contributed by atoms with Crippen LogP contribution in [0.3, 0.4) is 0 Å². The van der Waals surface area contributed by atoms with Crippen LogP contribution in [0.2, 0.25) is 0 Å². The van der Waals surface area contributed by atoms with Gasteiger partial charge in [0.05, 0.1) is 24.2 Å². The lowest BCUT2D eigenvalue weighted by molar-refractivity contribution is -0.146. The molecule has 0 unspecified atom stereocenters. The fourth-order valence-electron chi connectivity index (χ4n) is 10.8. The van der Waals surface area contributed by atoms with Crippen LogP contribution in [0.5, 0.6) is 11.5 Å². The molecule has 3 aliphatic rings. The van der Waals surface area contributed by atoms with Crippen molar-refractivity contribution in [2.45, 2.75) is 102 Å². The quantitative estimate of drug-likeness (QED) is 0.129. The van der Waals surface area contributed by atoms with Gasteiger partial charge in [-0.2, -0.15) is 0 Å². The SMILES string of the molecule is CC(C)[C@H]1C(=O)NC[C@@H](NC(=O)c2nc3ccccc3cc2O)C(=O)N2CCCC[C@H]2C(=O)NCCOCC(=O)N(C)[C@@H](C(C)C)C(=O)NC[C@@H](NC(=O)c2nc3ccccc3cc2O)C(=O)N2CCCC[C@H]2C(=O)NCCOCC(=O)N1C. The number of aromatic nitrogens is 2. The summed E-state index contributed by atoms with van der Waals surface area (Å²) in [6.07, 6.45) is 2.62. The molecule has 0 bridgehead atoms. The number of hydrogen-bond acceptors (Lipinski definition) is 16. The molecule has 3 fully saturated rings. The van der Waals surface area contributed by atoms with E-state index in [1.807, 2.05) is 0 Å². The van der Waals surface area contributed by atoms with Gasteiger partial charge >= 0.3 is 0 Å². The zero-order chi connectivity index (χ0) is 60.8. The number of benzene rings is 2. The molecule has 10 amide bonds. The summed E-state index contributed by atoms with van der Waals surface area (Å²) < 4.78 is 11.4. The fraction of sp³-hybridized carbons (Fsp3) is 0.517. The standard InChI is InChI=1S/C58H76N12O14/c1-33(2)49-55(79)61-29-39(65-53(77)47-43(71)27-35-15-7-9-17-37(35)63-47)57(81)69-23-13-11-19-41(69)51(75)60-22-26-84-32-46(74)68(6)50(34(3)4)56(80)62-30-40(66-54(78)48-44(72)28-36-16-8-10-18-38(36)64-48)58(82)70-24-14-12-20-42(70)52(76)59-21-25-83-31-45(73)67(49)5/h7-10,15-18,27-28,33-34,39-42,49-50,71-72H,11-14,19-26,29-32H2,1-6H3,(H,59,76)(H,60,75)(H,61,79)(H,62,80)(H,65,77)(H,66,78)/t39-,40-,41+,42+,49+,50+/m1/s1. The molecule has 0 saturated carbocycles. The number of para-hydroxylation sites is 2. The predicted octanol–water partition coefficient (Wildman–Crippen LogP) is 0.331. The molecule has 452 valence electrons. The van der Waals surface area contributed by atoms with E-state index >= 15 is 0 Å². The molecule has 2 aromatic carbocycles. The van der Waals surface area contributed by atoms with Crippen LogP contribution >= 0.6 is 0 Å². The highest BCUT2D eigenvalue weighted by Crippen LogP contribution is 2.26. The molecule has 26 heteroatoms. The summed E-state index contributed by atoms with van der Waals surface area (Å²) in [4.78, 5) is 154. The minimum Gasteiger partial charge on any atom is -0.505 e. The number of nitrogens with one attached hydrogen (secondary N) is 6. The van der Waals surface area contributed by atoms with Gasteiger partial charge in [-0.3, -0.25) is 47.9 Å². The zero-order valence-electron chi connectivity index (χ0n) is 48.2. The first-order valence-corrected chi connectivity index (χ1v) is 28.3. The highest BCUT2D eigenvalue weighted by molar-refractivity contribution is 6.02. The van der Waals surface area contributed by atoms with E-state index < -0.39 is 156 Å². The summed E-state index contributed by atoms with van der Waals surface area (Å²) in [5, 5.41) is 39.1. The number of nitrogens with zero attached hydrogens (tertiary/aromatic N) is 6. The molecule has 6 atom stereocenters. The third-order valence-corrected chi connectivity index (χ3v) is 15.1. The topological polar surface area (TPSA) is 341 Å². The first kappa shape index (κ1) is 63.1. The van der Waals surface area contributed by atoms with Crippen molar-refractivity contribution in [2.24, 2.45) is 11.8 Å². The van der Waals surface area contributed by atoms with Crippen molar-refractivity contribution in [1.82, 2.24) is 61.5 Å². The number of likely N-dealkylation sites (N-methyl/N-ethyl adjacent to an activating group) is 2. The number of ether oxygens (including phenoxy) is 2. The van der Waals surface area contributed by atoms with Gasteiger partial charge in [0, 0.05) is 64.1 Å². The van der Waals surface area contributed by atoms with Crippen LogP contribution in [0, 0.1) is 11.8 Å². The number of aromatic hydroxyl groups is 2. The van der Waals surface area contributed by atoms with Crippen LogP contribution < -0.4 is 31.9 Å². The van der Waals surface area contributed by atoms with Crippen LogP contribution in [0.4, 0.5) is 0 Å². The summed E-state index contributed by atoms with van der Waals surface area (Å²) in [6, 6.07) is 8.91. The Hall–Kier alpha value is -8.52. The summed E-state index contributed by atoms with van der Waals surface area (Å²) >= 11 is 0. The average molecular weight is 1170 g/mol. The number of carbonyl (C=O) groups is 10. The molecule has 3 aliphatic heterocycles. The smallest absolute Gasteiger partial charge is 0.274 e. The van der Waals surface area contributed by atoms with Gasteiger partial charge < -0.3 is 71.2 Å². The van der Waals surface area contributed by atoms with Gasteiger partial charge in [-0.25, -0.2) is 9.97 Å². The normalized spacial score (nSPS) is 23.4. The summed E-state index contributed by atoms with van der Waals surface area (Å²) in [5.74, 6) is -8.96. The molecule has 0 aliphatic carbocycles. The largest absolute Gasteiger partial charge is 0.505 e. The first-order chi connectivity index (χ1) is 40.2. The van der Waals surface area contributed by atoms with Crippen molar-refractivity contribution in [3.05, 3.63) is 72.1 Å². The molecule has 8 N–H and O–H groups in total. The molecule has 5 heterocycles. The molecule has 0 spiro atoms. The van der Waals surface area contributed by atoms with E-state index in [1.54, 1.807) is 76.2 Å². The molecule has 3 saturated heterocycles. The summed E-state index contributed by atoms with van der Waals surface area (Å²) in [5.41, 5.74) is -0.00982. The zero-order valence-corrected chi connectivity index (χ0v) is 48.2. The number of amides is 10. The number of rotatable bonds is 6. The number of pyridine rings is 2. The van der Waals surface area contributed by atoms with Crippen molar-refractivity contribution in [3.63, 3.8) is 0 Å². The van der Waals surface area contributed by atoms with Crippen molar-refractivity contribution >= 4 is 80.9 Å². The Labute approximate surface area is 486 Å². The maximum absolute atomic E-state index is 14.7. The Bertz CT molecular complexity index is 2900. The second-order valence-electron chi connectivity index (χ2n) is 21.8. The Morgan fingerprint density at radius 2 is 0.940 bits per heavy atom. The van der Waals surface area contributed by atoms with E-state index in [-0.39, 0.29) is 52.2 Å². The Morgan fingerprint density at radius 3 is 1.32 bits per heavy atom. The fourth-order valence-corrected chi connectivity index (χ4v) is 10.8. The van der Waals surface area contributed by atoms with Gasteiger partial charge in [0.15, 0.2) is 11.4 Å². The third-order valence-electron chi connectivity index (χ3n) is 15.1. The molecular formula is C58H76N12O14. The van der Waals surface area contributed by atoms with E-state index in [1.165, 1.54) is 45.8 Å². The van der Waals surface area contributed by atoms with Crippen LogP contribution in [0.1, 0.15) is 87.2 Å². The molecule has 26 nitrogen and oxygen atoms in total. The average Bonchev–Trinajstić information content (AvgIpc) is 3.55. The van der Waals surface area contributed by atoms with Gasteiger partial charge in [0.1, 0.15) is 61.0 Å². The van der Waals surface area contributed by atoms with Gasteiger partial charge in [-0.15, -0.1) is 0 Å². The molecule has 84 heavy (non-hydrogen) atoms. The number of carbonyl (C=O) groups excluding carboxylic acids is 10. The van der Waals surface area contributed by atoms with Crippen LogP contribution in [0.25, 0.3) is 21.8 Å². The minimum atomic E-state index is -1.51. The summed E-state index contributed by atoms with van der Waals surface area (Å²) in [6.45, 7) is 4.43. The van der Waals surface area contributed by atoms with Gasteiger partial charge in [0.25, 0.3) is 11.8 Å². The van der Waals surface area contributed by atoms with Crippen molar-refractivity contribution < 1.29 is 67.6 Å². The summed E-state index contributed by atoms with van der Waals surface area (Å²) in [7, 11) is 2.81. The molecule has 2 aromatic heterocycles. The van der Waals surface area contributed by atoms with Crippen molar-refractivity contribution in [3.8, 4) is 11.5 Å². The second-order valence-corrected chi connectivity index (χ2v) is 21.8. The minimum absolute atomic E-state index is 0.103. The maximum atomic E-state index is 14.7. The first-order valence-electron chi connectivity index (χ1n) is 28.3. The third kappa shape index (κ3) is 15.6. The lowest BCUT2D eigenvalue weighted by atomic mass is 9.99. The Morgan fingerprint density at radius 1 is 0.560 bits per heavy atom. The highest BCUT2D eigenvalue weighted by Gasteiger charge is 2.40. The van der Waals surface area contributed by atoms with Gasteiger partial charge in [0.2, 0.25) is 47.3 Å². The Balaban J connectivity index is 1.12. The van der Waals surface area contributed by atoms with E-state index in [0.717, 1.165) is 0 Å². The molecule has 4 aromatic rings. The molecule has 7 rings (SSSR count). The number of fused-ring (bicyclic) bond motifs is 4. The lowest BCUT2D eigenvalue weighted by Crippen LogP contribution is -2.61. The number of hydrogen-bond donors (Lipinski definition) is 8. The van der Waals surface area contributed by atoms with Gasteiger partial charge in [-0.1, -0.05) is 64.1 Å². The number of piperidine rings is 2. The van der Waals surface area contributed by atoms with Crippen LogP contribution in [-0.4, -0.2) is 215 Å². The highest BCUT2D eigenvalue weighted by atomic mass is 16.5. The predicted molar refractivity (Wildman–Crippen MR) is 304 cm³/mol. The molecule has 0 radical (unpaired) electrons. The van der Waals surface area contributed by atoms with Crippen LogP contribution in [-0.2, 0) is 47.8 Å².